The van der Waals surface area contributed by atoms with Gasteiger partial charge in [0.25, 0.3) is 0 Å². The van der Waals surface area contributed by atoms with Gasteiger partial charge in [-0.05, 0) is 35.6 Å². The Hall–Kier alpha value is -0.830. The second kappa shape index (κ2) is 4.35. The van der Waals surface area contributed by atoms with E-state index in [0.717, 1.165) is 21.0 Å². The molecule has 0 amide bonds. The highest BCUT2D eigenvalue weighted by molar-refractivity contribution is 7.10. The van der Waals surface area contributed by atoms with Gasteiger partial charge < -0.3 is 5.73 Å². The monoisotopic (exact) mass is 237 g/mol. The molecule has 0 aliphatic carbocycles. The minimum Gasteiger partial charge on any atom is -0.320 e. The molecule has 0 fully saturated rings. The van der Waals surface area contributed by atoms with Gasteiger partial charge in [-0.2, -0.15) is 0 Å². The second-order valence-electron chi connectivity index (χ2n) is 3.50. The number of hydrogen-bond donors (Lipinski definition) is 1. The van der Waals surface area contributed by atoms with Crippen LogP contribution in [0.4, 0.5) is 0 Å². The molecule has 0 bridgehead atoms. The van der Waals surface area contributed by atoms with Crippen molar-refractivity contribution < 1.29 is 0 Å². The Morgan fingerprint density at radius 1 is 1.33 bits per heavy atom. The first kappa shape index (κ1) is 10.7. The first-order valence-electron chi connectivity index (χ1n) is 4.73. The predicted molar refractivity (Wildman–Crippen MR) is 66.5 cm³/mol. The summed E-state index contributed by atoms with van der Waals surface area (Å²) in [5, 5.41) is 2.81. The fraction of sp³-hybridized carbons (Fsp3) is 0.167. The summed E-state index contributed by atoms with van der Waals surface area (Å²) in [5.74, 6) is 0. The van der Waals surface area contributed by atoms with Crippen molar-refractivity contribution in [1.29, 1.82) is 0 Å². The van der Waals surface area contributed by atoms with Gasteiger partial charge in [0.2, 0.25) is 0 Å². The summed E-state index contributed by atoms with van der Waals surface area (Å²) in [6, 6.07) is 9.97. The van der Waals surface area contributed by atoms with Crippen molar-refractivity contribution in [1.82, 2.24) is 0 Å². The zero-order valence-electron chi connectivity index (χ0n) is 8.41. The van der Waals surface area contributed by atoms with Crippen LogP contribution in [-0.4, -0.2) is 0 Å². The van der Waals surface area contributed by atoms with Gasteiger partial charge in [0.15, 0.2) is 0 Å². The largest absolute Gasteiger partial charge is 0.320 e. The first-order valence-corrected chi connectivity index (χ1v) is 5.99. The van der Waals surface area contributed by atoms with Crippen molar-refractivity contribution in [2.24, 2.45) is 5.73 Å². The van der Waals surface area contributed by atoms with Crippen LogP contribution in [0.2, 0.25) is 5.02 Å². The van der Waals surface area contributed by atoms with E-state index >= 15 is 0 Å². The van der Waals surface area contributed by atoms with E-state index < -0.39 is 0 Å². The van der Waals surface area contributed by atoms with Gasteiger partial charge in [0, 0.05) is 9.90 Å². The quantitative estimate of drug-likeness (QED) is 0.846. The second-order valence-corrected chi connectivity index (χ2v) is 4.89. The number of benzene rings is 1. The molecule has 1 aromatic carbocycles. The van der Waals surface area contributed by atoms with Crippen LogP contribution in [0.1, 0.15) is 22.0 Å². The van der Waals surface area contributed by atoms with E-state index in [9.17, 15) is 0 Å². The van der Waals surface area contributed by atoms with Crippen molar-refractivity contribution >= 4 is 22.9 Å². The number of thiophene rings is 1. The van der Waals surface area contributed by atoms with Crippen molar-refractivity contribution in [3.63, 3.8) is 0 Å². The molecule has 1 aromatic heterocycles. The maximum absolute atomic E-state index is 6.13. The summed E-state index contributed by atoms with van der Waals surface area (Å²) < 4.78 is 0. The Balaban J connectivity index is 2.34. The van der Waals surface area contributed by atoms with Crippen LogP contribution in [0.15, 0.2) is 35.7 Å². The number of halogens is 1. The Morgan fingerprint density at radius 2 is 2.13 bits per heavy atom. The van der Waals surface area contributed by atoms with Crippen molar-refractivity contribution in [2.75, 3.05) is 0 Å². The summed E-state index contributed by atoms with van der Waals surface area (Å²) in [5.41, 5.74) is 8.28. The molecule has 0 saturated carbocycles. The maximum atomic E-state index is 6.13. The fourth-order valence-corrected chi connectivity index (χ4v) is 2.38. The molecule has 1 heterocycles. The molecule has 2 rings (SSSR count). The molecule has 0 saturated heterocycles. The molecule has 0 radical (unpaired) electrons. The van der Waals surface area contributed by atoms with Gasteiger partial charge in [-0.1, -0.05) is 29.8 Å². The molecular formula is C12H12ClNS. The summed E-state index contributed by atoms with van der Waals surface area (Å²) in [7, 11) is 0. The van der Waals surface area contributed by atoms with Crippen LogP contribution >= 0.6 is 22.9 Å². The summed E-state index contributed by atoms with van der Waals surface area (Å²) >= 11 is 7.73. The van der Waals surface area contributed by atoms with Crippen LogP contribution in [0, 0.1) is 6.92 Å². The highest BCUT2D eigenvalue weighted by atomic mass is 35.5. The minimum absolute atomic E-state index is 0.0666. The van der Waals surface area contributed by atoms with E-state index in [1.165, 1.54) is 0 Å². The van der Waals surface area contributed by atoms with Gasteiger partial charge in [-0.15, -0.1) is 11.3 Å². The average Bonchev–Trinajstić information content (AvgIpc) is 2.74. The molecule has 2 N–H and O–H groups in total. The third-order valence-corrected chi connectivity index (χ3v) is 3.77. The van der Waals surface area contributed by atoms with Gasteiger partial charge in [0.1, 0.15) is 0 Å². The molecule has 0 unspecified atom stereocenters. The smallest absolute Gasteiger partial charge is 0.0646 e. The summed E-state index contributed by atoms with van der Waals surface area (Å²) in [4.78, 5) is 1.16. The van der Waals surface area contributed by atoms with E-state index in [4.69, 9.17) is 17.3 Å². The Bertz CT molecular complexity index is 451. The van der Waals surface area contributed by atoms with Crippen molar-refractivity contribution in [3.8, 4) is 0 Å². The van der Waals surface area contributed by atoms with Crippen LogP contribution in [0.25, 0.3) is 0 Å². The normalized spacial score (nSPS) is 12.7. The number of hydrogen-bond acceptors (Lipinski definition) is 2. The van der Waals surface area contributed by atoms with Crippen molar-refractivity contribution in [2.45, 2.75) is 13.0 Å². The van der Waals surface area contributed by atoms with E-state index in [1.54, 1.807) is 11.3 Å². The Morgan fingerprint density at radius 3 is 2.73 bits per heavy atom. The molecule has 1 atom stereocenters. The lowest BCUT2D eigenvalue weighted by Gasteiger charge is -2.11. The van der Waals surface area contributed by atoms with Crippen LogP contribution in [0.5, 0.6) is 0 Å². The highest BCUT2D eigenvalue weighted by Gasteiger charge is 2.10. The lowest BCUT2D eigenvalue weighted by molar-refractivity contribution is 0.893. The van der Waals surface area contributed by atoms with Crippen LogP contribution < -0.4 is 5.73 Å². The van der Waals surface area contributed by atoms with E-state index in [2.05, 4.69) is 0 Å². The zero-order chi connectivity index (χ0) is 10.8. The Kier molecular flexibility index (Phi) is 3.10. The highest BCUT2D eigenvalue weighted by Crippen LogP contribution is 2.26. The lowest BCUT2D eigenvalue weighted by Crippen LogP contribution is -2.10. The van der Waals surface area contributed by atoms with Crippen LogP contribution in [-0.2, 0) is 0 Å². The molecule has 78 valence electrons. The molecule has 3 heteroatoms. The predicted octanol–water partition coefficient (Wildman–Crippen LogP) is 3.76. The fourth-order valence-electron chi connectivity index (χ4n) is 1.44. The topological polar surface area (TPSA) is 26.0 Å². The molecule has 0 aliphatic heterocycles. The van der Waals surface area contributed by atoms with E-state index in [-0.39, 0.29) is 6.04 Å². The molecule has 1 nitrogen and oxygen atoms in total. The average molecular weight is 238 g/mol. The number of rotatable bonds is 2. The molecule has 0 aliphatic rings. The number of aryl methyl sites for hydroxylation is 1. The van der Waals surface area contributed by atoms with Gasteiger partial charge in [-0.25, -0.2) is 0 Å². The SMILES string of the molecule is Cc1ccc([C@@H](N)c2cccs2)cc1Cl. The molecule has 15 heavy (non-hydrogen) atoms. The summed E-state index contributed by atoms with van der Waals surface area (Å²) in [6.45, 7) is 1.99. The van der Waals surface area contributed by atoms with Crippen molar-refractivity contribution in [3.05, 3.63) is 56.7 Å². The van der Waals surface area contributed by atoms with E-state index in [0.29, 0.717) is 0 Å². The number of nitrogens with two attached hydrogens (primary N) is 1. The molecule has 2 aromatic rings. The third kappa shape index (κ3) is 2.23. The maximum Gasteiger partial charge on any atom is 0.0646 e. The third-order valence-electron chi connectivity index (χ3n) is 2.40. The van der Waals surface area contributed by atoms with Gasteiger partial charge >= 0.3 is 0 Å². The van der Waals surface area contributed by atoms with E-state index in [1.807, 2.05) is 42.6 Å². The lowest BCUT2D eigenvalue weighted by atomic mass is 10.0. The first-order chi connectivity index (χ1) is 7.18. The summed E-state index contributed by atoms with van der Waals surface area (Å²) in [6.07, 6.45) is 0. The molecule has 0 spiro atoms. The van der Waals surface area contributed by atoms with Gasteiger partial charge in [0.05, 0.1) is 6.04 Å². The Labute approximate surface area is 98.5 Å². The molecular weight excluding hydrogens is 226 g/mol. The zero-order valence-corrected chi connectivity index (χ0v) is 9.98. The minimum atomic E-state index is -0.0666. The van der Waals surface area contributed by atoms with Gasteiger partial charge in [-0.3, -0.25) is 0 Å². The van der Waals surface area contributed by atoms with Crippen LogP contribution in [0.3, 0.4) is 0 Å². The standard InChI is InChI=1S/C12H12ClNS/c1-8-4-5-9(7-10(8)13)12(14)11-3-2-6-15-11/h2-7,12H,14H2,1H3/t12-/m1/s1.